The van der Waals surface area contributed by atoms with Gasteiger partial charge in [0.1, 0.15) is 5.75 Å². The smallest absolute Gasteiger partial charge is 0.311 e. The van der Waals surface area contributed by atoms with Gasteiger partial charge < -0.3 is 9.47 Å². The molecule has 0 amide bonds. The molecule has 118 valence electrons. The number of ether oxygens (including phenoxy) is 2. The number of carbonyl (C=O) groups excluding carboxylic acids is 2. The molecule has 0 fully saturated rings. The molecule has 0 bridgehead atoms. The number of aryl methyl sites for hydroxylation is 1. The number of benzene rings is 1. The summed E-state index contributed by atoms with van der Waals surface area (Å²) in [5.74, 6) is 5.42. The van der Waals surface area contributed by atoms with Crippen LogP contribution < -0.4 is 4.74 Å². The lowest BCUT2D eigenvalue weighted by Gasteiger charge is -2.10. The van der Waals surface area contributed by atoms with Crippen molar-refractivity contribution in [2.45, 2.75) is 52.6 Å². The predicted octanol–water partition coefficient (Wildman–Crippen LogP) is 3.42. The van der Waals surface area contributed by atoms with E-state index in [4.69, 9.17) is 9.47 Å². The minimum Gasteiger partial charge on any atom is -0.449 e. The summed E-state index contributed by atoms with van der Waals surface area (Å²) >= 11 is 0. The third kappa shape index (κ3) is 6.45. The van der Waals surface area contributed by atoms with E-state index in [1.54, 1.807) is 13.0 Å². The minimum absolute atomic E-state index is 0.180. The van der Waals surface area contributed by atoms with Crippen LogP contribution in [0.4, 0.5) is 0 Å². The van der Waals surface area contributed by atoms with Crippen LogP contribution in [-0.2, 0) is 14.3 Å². The molecule has 0 heterocycles. The standard InChI is InChI=1S/C18H22O4/c1-4-9-15(5-2)21-17(19)12-8-13-18(20)22-16-11-7-6-10-14(16)3/h6-7,10-11,15H,5,8,12-13H2,1-3H3. The molecule has 0 aliphatic heterocycles. The van der Waals surface area contributed by atoms with E-state index >= 15 is 0 Å². The zero-order valence-electron chi connectivity index (χ0n) is 13.3. The van der Waals surface area contributed by atoms with Gasteiger partial charge in [0.05, 0.1) is 0 Å². The van der Waals surface area contributed by atoms with E-state index in [0.717, 1.165) is 5.56 Å². The molecular formula is C18H22O4. The maximum absolute atomic E-state index is 11.7. The first kappa shape index (κ1) is 17.8. The molecule has 0 radical (unpaired) electrons. The molecule has 22 heavy (non-hydrogen) atoms. The lowest BCUT2D eigenvalue weighted by Crippen LogP contribution is -2.16. The molecule has 1 aromatic carbocycles. The largest absolute Gasteiger partial charge is 0.449 e. The van der Waals surface area contributed by atoms with Crippen LogP contribution in [0, 0.1) is 18.8 Å². The molecule has 1 unspecified atom stereocenters. The topological polar surface area (TPSA) is 52.6 Å². The second-order valence-electron chi connectivity index (χ2n) is 4.87. The number of carbonyl (C=O) groups is 2. The van der Waals surface area contributed by atoms with Gasteiger partial charge in [-0.15, -0.1) is 5.92 Å². The Labute approximate surface area is 131 Å². The molecule has 0 saturated heterocycles. The summed E-state index contributed by atoms with van der Waals surface area (Å²) < 4.78 is 10.4. The fourth-order valence-corrected chi connectivity index (χ4v) is 1.82. The highest BCUT2D eigenvalue weighted by molar-refractivity contribution is 5.74. The predicted molar refractivity (Wildman–Crippen MR) is 84.3 cm³/mol. The van der Waals surface area contributed by atoms with Crippen molar-refractivity contribution < 1.29 is 19.1 Å². The van der Waals surface area contributed by atoms with Crippen molar-refractivity contribution >= 4 is 11.9 Å². The molecule has 0 saturated carbocycles. The molecule has 0 aliphatic carbocycles. The summed E-state index contributed by atoms with van der Waals surface area (Å²) in [6.45, 7) is 5.49. The van der Waals surface area contributed by atoms with Crippen LogP contribution >= 0.6 is 0 Å². The minimum atomic E-state index is -0.364. The van der Waals surface area contributed by atoms with Crippen LogP contribution in [0.25, 0.3) is 0 Å². The number of rotatable bonds is 7. The van der Waals surface area contributed by atoms with Gasteiger partial charge in [0.2, 0.25) is 0 Å². The van der Waals surface area contributed by atoms with Crippen LogP contribution in [-0.4, -0.2) is 18.0 Å². The van der Waals surface area contributed by atoms with Crippen LogP contribution in [0.5, 0.6) is 5.75 Å². The monoisotopic (exact) mass is 302 g/mol. The molecule has 0 spiro atoms. The van der Waals surface area contributed by atoms with Crippen LogP contribution in [0.3, 0.4) is 0 Å². The average Bonchev–Trinajstić information content (AvgIpc) is 2.49. The zero-order chi connectivity index (χ0) is 16.4. The lowest BCUT2D eigenvalue weighted by atomic mass is 10.2. The van der Waals surface area contributed by atoms with E-state index in [0.29, 0.717) is 18.6 Å². The first-order chi connectivity index (χ1) is 10.6. The van der Waals surface area contributed by atoms with Crippen molar-refractivity contribution in [3.63, 3.8) is 0 Å². The Kier molecular flexibility index (Phi) is 7.77. The second kappa shape index (κ2) is 9.62. The Balaban J connectivity index is 2.31. The molecule has 0 aliphatic rings. The Hall–Kier alpha value is -2.28. The summed E-state index contributed by atoms with van der Waals surface area (Å²) in [6.07, 6.45) is 1.06. The van der Waals surface area contributed by atoms with Crippen molar-refractivity contribution in [1.82, 2.24) is 0 Å². The molecule has 4 nitrogen and oxygen atoms in total. The third-order valence-electron chi connectivity index (χ3n) is 3.03. The third-order valence-corrected chi connectivity index (χ3v) is 3.03. The molecular weight excluding hydrogens is 280 g/mol. The van der Waals surface area contributed by atoms with Crippen molar-refractivity contribution in [3.8, 4) is 17.6 Å². The highest BCUT2D eigenvalue weighted by Gasteiger charge is 2.12. The maximum Gasteiger partial charge on any atom is 0.311 e. The Morgan fingerprint density at radius 3 is 2.50 bits per heavy atom. The summed E-state index contributed by atoms with van der Waals surface area (Å²) in [6, 6.07) is 7.31. The SMILES string of the molecule is CC#CC(CC)OC(=O)CCCC(=O)Oc1ccccc1C. The Bertz CT molecular complexity index is 566. The van der Waals surface area contributed by atoms with Gasteiger partial charge in [0.25, 0.3) is 0 Å². The molecule has 0 aromatic heterocycles. The van der Waals surface area contributed by atoms with Gasteiger partial charge in [-0.2, -0.15) is 0 Å². The zero-order valence-corrected chi connectivity index (χ0v) is 13.3. The average molecular weight is 302 g/mol. The van der Waals surface area contributed by atoms with Crippen molar-refractivity contribution in [1.29, 1.82) is 0 Å². The fraction of sp³-hybridized carbons (Fsp3) is 0.444. The summed E-state index contributed by atoms with van der Waals surface area (Å²) in [7, 11) is 0. The van der Waals surface area contributed by atoms with E-state index in [2.05, 4.69) is 11.8 Å². The molecule has 1 rings (SSSR count). The van der Waals surface area contributed by atoms with E-state index in [9.17, 15) is 9.59 Å². The highest BCUT2D eigenvalue weighted by Crippen LogP contribution is 2.17. The quantitative estimate of drug-likeness (QED) is 0.440. The van der Waals surface area contributed by atoms with E-state index in [1.165, 1.54) is 0 Å². The van der Waals surface area contributed by atoms with Crippen LogP contribution in [0.15, 0.2) is 24.3 Å². The van der Waals surface area contributed by atoms with E-state index in [-0.39, 0.29) is 30.9 Å². The van der Waals surface area contributed by atoms with E-state index in [1.807, 2.05) is 32.0 Å². The number of para-hydroxylation sites is 1. The molecule has 1 aromatic rings. The van der Waals surface area contributed by atoms with Gasteiger partial charge in [-0.1, -0.05) is 31.0 Å². The van der Waals surface area contributed by atoms with Gasteiger partial charge in [-0.25, -0.2) is 0 Å². The van der Waals surface area contributed by atoms with Gasteiger partial charge in [0, 0.05) is 12.8 Å². The number of hydrogen-bond acceptors (Lipinski definition) is 4. The maximum atomic E-state index is 11.7. The normalized spacial score (nSPS) is 11.0. The van der Waals surface area contributed by atoms with Gasteiger partial charge in [-0.05, 0) is 38.3 Å². The summed E-state index contributed by atoms with van der Waals surface area (Å²) in [5.41, 5.74) is 0.902. The fourth-order valence-electron chi connectivity index (χ4n) is 1.82. The molecule has 0 N–H and O–H groups in total. The van der Waals surface area contributed by atoms with Gasteiger partial charge in [-0.3, -0.25) is 9.59 Å². The summed E-state index contributed by atoms with van der Waals surface area (Å²) in [4.78, 5) is 23.4. The number of esters is 2. The Morgan fingerprint density at radius 2 is 1.86 bits per heavy atom. The van der Waals surface area contributed by atoms with E-state index < -0.39 is 0 Å². The first-order valence-corrected chi connectivity index (χ1v) is 7.44. The van der Waals surface area contributed by atoms with Crippen molar-refractivity contribution in [2.24, 2.45) is 0 Å². The van der Waals surface area contributed by atoms with Crippen LogP contribution in [0.1, 0.15) is 45.1 Å². The number of hydrogen-bond donors (Lipinski definition) is 0. The second-order valence-corrected chi connectivity index (χ2v) is 4.87. The first-order valence-electron chi connectivity index (χ1n) is 7.44. The highest BCUT2D eigenvalue weighted by atomic mass is 16.5. The van der Waals surface area contributed by atoms with Gasteiger partial charge in [0.15, 0.2) is 6.10 Å². The van der Waals surface area contributed by atoms with Crippen molar-refractivity contribution in [2.75, 3.05) is 0 Å². The van der Waals surface area contributed by atoms with Gasteiger partial charge >= 0.3 is 11.9 Å². The molecule has 1 atom stereocenters. The van der Waals surface area contributed by atoms with Crippen molar-refractivity contribution in [3.05, 3.63) is 29.8 Å². The van der Waals surface area contributed by atoms with Crippen LogP contribution in [0.2, 0.25) is 0 Å². The summed E-state index contributed by atoms with van der Waals surface area (Å²) in [5, 5.41) is 0. The Morgan fingerprint density at radius 1 is 1.18 bits per heavy atom. The molecule has 4 heteroatoms. The lowest BCUT2D eigenvalue weighted by molar-refractivity contribution is -0.146.